The third-order valence-corrected chi connectivity index (χ3v) is 4.89. The zero-order valence-electron chi connectivity index (χ0n) is 13.9. The number of likely N-dealkylation sites (tertiary alicyclic amines) is 1. The van der Waals surface area contributed by atoms with E-state index in [-0.39, 0.29) is 11.9 Å². The van der Waals surface area contributed by atoms with E-state index in [0.29, 0.717) is 25.6 Å². The van der Waals surface area contributed by atoms with Crippen molar-refractivity contribution in [3.8, 4) is 5.75 Å². The van der Waals surface area contributed by atoms with E-state index in [1.807, 2.05) is 29.2 Å². The van der Waals surface area contributed by atoms with Crippen molar-refractivity contribution in [2.75, 3.05) is 26.7 Å². The van der Waals surface area contributed by atoms with Crippen LogP contribution in [-0.2, 0) is 4.79 Å². The second kappa shape index (κ2) is 6.89. The van der Waals surface area contributed by atoms with E-state index in [0.717, 1.165) is 17.9 Å². The first-order chi connectivity index (χ1) is 11.1. The molecule has 0 radical (unpaired) electrons. The van der Waals surface area contributed by atoms with Crippen molar-refractivity contribution < 1.29 is 14.6 Å². The number of ether oxygens (including phenoxy) is 1. The molecule has 5 heteroatoms. The van der Waals surface area contributed by atoms with Gasteiger partial charge in [-0.05, 0) is 43.5 Å². The largest absolute Gasteiger partial charge is 0.497 e. The smallest absolute Gasteiger partial charge is 0.237 e. The summed E-state index contributed by atoms with van der Waals surface area (Å²) in [7, 11) is 1.64. The van der Waals surface area contributed by atoms with Crippen LogP contribution < -0.4 is 4.74 Å². The molecule has 0 aromatic heterocycles. The number of likely N-dealkylation sites (N-methyl/N-ethyl adjacent to an activating group) is 1. The van der Waals surface area contributed by atoms with Gasteiger partial charge in [0.2, 0.25) is 5.91 Å². The van der Waals surface area contributed by atoms with Gasteiger partial charge in [0.05, 0.1) is 25.8 Å². The SMILES string of the molecule is CCN(CC(=O)N1C[C@H](O)C[C@@H]1c1cccc(OC)c1)C1CC1. The molecule has 1 aromatic carbocycles. The summed E-state index contributed by atoms with van der Waals surface area (Å²) < 4.78 is 5.28. The Morgan fingerprint density at radius 3 is 2.87 bits per heavy atom. The Labute approximate surface area is 137 Å². The number of aliphatic hydroxyl groups excluding tert-OH is 1. The molecular formula is C18H26N2O3. The molecule has 1 aliphatic heterocycles. The number of nitrogens with zero attached hydrogens (tertiary/aromatic N) is 2. The lowest BCUT2D eigenvalue weighted by Crippen LogP contribution is -2.41. The molecule has 5 nitrogen and oxygen atoms in total. The summed E-state index contributed by atoms with van der Waals surface area (Å²) in [4.78, 5) is 16.9. The second-order valence-corrected chi connectivity index (χ2v) is 6.52. The van der Waals surface area contributed by atoms with Gasteiger partial charge < -0.3 is 14.7 Å². The van der Waals surface area contributed by atoms with Crippen molar-refractivity contribution in [3.63, 3.8) is 0 Å². The number of carbonyl (C=O) groups excluding carboxylic acids is 1. The van der Waals surface area contributed by atoms with Gasteiger partial charge in [-0.15, -0.1) is 0 Å². The summed E-state index contributed by atoms with van der Waals surface area (Å²) in [6.45, 7) is 3.87. The summed E-state index contributed by atoms with van der Waals surface area (Å²) in [5.74, 6) is 0.896. The number of β-amino-alcohol motifs (C(OH)–C–C–N with tert-alkyl or cyclic N) is 1. The van der Waals surface area contributed by atoms with Gasteiger partial charge in [0.25, 0.3) is 0 Å². The van der Waals surface area contributed by atoms with Crippen LogP contribution in [-0.4, -0.2) is 59.7 Å². The van der Waals surface area contributed by atoms with Crippen LogP contribution in [0.3, 0.4) is 0 Å². The van der Waals surface area contributed by atoms with Crippen LogP contribution in [0.15, 0.2) is 24.3 Å². The van der Waals surface area contributed by atoms with Crippen molar-refractivity contribution in [1.82, 2.24) is 9.80 Å². The van der Waals surface area contributed by atoms with Crippen LogP contribution >= 0.6 is 0 Å². The molecule has 1 heterocycles. The molecule has 1 aliphatic carbocycles. The molecule has 1 aromatic rings. The third-order valence-electron chi connectivity index (χ3n) is 4.89. The zero-order chi connectivity index (χ0) is 16.4. The lowest BCUT2D eigenvalue weighted by Gasteiger charge is -2.28. The Balaban J connectivity index is 1.74. The van der Waals surface area contributed by atoms with Gasteiger partial charge in [0, 0.05) is 12.6 Å². The van der Waals surface area contributed by atoms with E-state index in [1.165, 1.54) is 12.8 Å². The Morgan fingerprint density at radius 1 is 1.43 bits per heavy atom. The van der Waals surface area contributed by atoms with E-state index in [1.54, 1.807) is 7.11 Å². The maximum absolute atomic E-state index is 12.8. The van der Waals surface area contributed by atoms with Crippen LogP contribution in [0.1, 0.15) is 37.8 Å². The van der Waals surface area contributed by atoms with Gasteiger partial charge in [0.15, 0.2) is 0 Å². The van der Waals surface area contributed by atoms with E-state index >= 15 is 0 Å². The molecule has 2 aliphatic rings. The van der Waals surface area contributed by atoms with Crippen LogP contribution in [0.2, 0.25) is 0 Å². The first-order valence-corrected chi connectivity index (χ1v) is 8.48. The molecule has 0 unspecified atom stereocenters. The van der Waals surface area contributed by atoms with Crippen molar-refractivity contribution in [2.24, 2.45) is 0 Å². The Kier molecular flexibility index (Phi) is 4.87. The van der Waals surface area contributed by atoms with Gasteiger partial charge >= 0.3 is 0 Å². The molecule has 23 heavy (non-hydrogen) atoms. The summed E-state index contributed by atoms with van der Waals surface area (Å²) in [5, 5.41) is 10.1. The number of methoxy groups -OCH3 is 1. The number of aliphatic hydroxyl groups is 1. The highest BCUT2D eigenvalue weighted by atomic mass is 16.5. The quantitative estimate of drug-likeness (QED) is 0.869. The van der Waals surface area contributed by atoms with E-state index < -0.39 is 6.10 Å². The molecule has 2 fully saturated rings. The molecule has 0 spiro atoms. The van der Waals surface area contributed by atoms with E-state index in [9.17, 15) is 9.90 Å². The first kappa shape index (κ1) is 16.3. The summed E-state index contributed by atoms with van der Waals surface area (Å²) in [5.41, 5.74) is 1.03. The van der Waals surface area contributed by atoms with Gasteiger partial charge in [-0.3, -0.25) is 9.69 Å². The molecule has 3 rings (SSSR count). The summed E-state index contributed by atoms with van der Waals surface area (Å²) in [6, 6.07) is 8.31. The Bertz CT molecular complexity index is 559. The number of amides is 1. The number of hydrogen-bond acceptors (Lipinski definition) is 4. The highest BCUT2D eigenvalue weighted by Crippen LogP contribution is 2.34. The first-order valence-electron chi connectivity index (χ1n) is 8.48. The predicted molar refractivity (Wildman–Crippen MR) is 88.3 cm³/mol. The Morgan fingerprint density at radius 2 is 2.22 bits per heavy atom. The van der Waals surface area contributed by atoms with E-state index in [2.05, 4.69) is 11.8 Å². The topological polar surface area (TPSA) is 53.0 Å². The number of rotatable bonds is 6. The minimum atomic E-state index is -0.453. The molecule has 1 saturated carbocycles. The zero-order valence-corrected chi connectivity index (χ0v) is 13.9. The summed E-state index contributed by atoms with van der Waals surface area (Å²) >= 11 is 0. The number of carbonyl (C=O) groups is 1. The number of benzene rings is 1. The monoisotopic (exact) mass is 318 g/mol. The highest BCUT2D eigenvalue weighted by Gasteiger charge is 2.37. The third kappa shape index (κ3) is 3.67. The molecular weight excluding hydrogens is 292 g/mol. The van der Waals surface area contributed by atoms with Crippen molar-refractivity contribution in [2.45, 2.75) is 44.4 Å². The summed E-state index contributed by atoms with van der Waals surface area (Å²) in [6.07, 6.45) is 2.53. The van der Waals surface area contributed by atoms with Crippen molar-refractivity contribution in [3.05, 3.63) is 29.8 Å². The lowest BCUT2D eigenvalue weighted by atomic mass is 10.0. The molecule has 1 amide bonds. The normalized spacial score (nSPS) is 24.3. The van der Waals surface area contributed by atoms with Gasteiger partial charge in [-0.25, -0.2) is 0 Å². The molecule has 1 N–H and O–H groups in total. The number of hydrogen-bond donors (Lipinski definition) is 1. The highest BCUT2D eigenvalue weighted by molar-refractivity contribution is 5.79. The predicted octanol–water partition coefficient (Wildman–Crippen LogP) is 1.81. The van der Waals surface area contributed by atoms with Gasteiger partial charge in [-0.2, -0.15) is 0 Å². The average Bonchev–Trinajstić information content (AvgIpc) is 3.33. The second-order valence-electron chi connectivity index (χ2n) is 6.52. The minimum Gasteiger partial charge on any atom is -0.497 e. The van der Waals surface area contributed by atoms with Crippen molar-refractivity contribution in [1.29, 1.82) is 0 Å². The fourth-order valence-corrected chi connectivity index (χ4v) is 3.46. The molecule has 2 atom stereocenters. The fourth-order valence-electron chi connectivity index (χ4n) is 3.46. The maximum Gasteiger partial charge on any atom is 0.237 e. The maximum atomic E-state index is 12.8. The molecule has 0 bridgehead atoms. The minimum absolute atomic E-state index is 0.0643. The fraction of sp³-hybridized carbons (Fsp3) is 0.611. The van der Waals surface area contributed by atoms with Crippen molar-refractivity contribution >= 4 is 5.91 Å². The molecule has 126 valence electrons. The van der Waals surface area contributed by atoms with Gasteiger partial charge in [0.1, 0.15) is 5.75 Å². The lowest BCUT2D eigenvalue weighted by molar-refractivity contribution is -0.133. The average molecular weight is 318 g/mol. The van der Waals surface area contributed by atoms with E-state index in [4.69, 9.17) is 4.74 Å². The van der Waals surface area contributed by atoms with Gasteiger partial charge in [-0.1, -0.05) is 19.1 Å². The molecule has 1 saturated heterocycles. The van der Waals surface area contributed by atoms with Crippen LogP contribution in [0.5, 0.6) is 5.75 Å². The van der Waals surface area contributed by atoms with Crippen LogP contribution in [0, 0.1) is 0 Å². The van der Waals surface area contributed by atoms with Crippen LogP contribution in [0.4, 0.5) is 0 Å². The Hall–Kier alpha value is -1.59. The van der Waals surface area contributed by atoms with Crippen LogP contribution in [0.25, 0.3) is 0 Å². The standard InChI is InChI=1S/C18H26N2O3/c1-3-19(14-7-8-14)12-18(22)20-11-15(21)10-17(20)13-5-4-6-16(9-13)23-2/h4-6,9,14-15,17,21H,3,7-8,10-12H2,1-2H3/t15-,17-/m1/s1.